The molecule has 0 fully saturated rings. The van der Waals surface area contributed by atoms with Crippen molar-refractivity contribution < 1.29 is 9.13 Å². The van der Waals surface area contributed by atoms with Gasteiger partial charge in [0.1, 0.15) is 12.4 Å². The first-order chi connectivity index (χ1) is 7.75. The first-order valence-corrected chi connectivity index (χ1v) is 4.80. The summed E-state index contributed by atoms with van der Waals surface area (Å²) in [6, 6.07) is 9.31. The van der Waals surface area contributed by atoms with Gasteiger partial charge in [-0.3, -0.25) is 4.79 Å². The van der Waals surface area contributed by atoms with Crippen molar-refractivity contribution in [2.75, 3.05) is 0 Å². The van der Waals surface area contributed by atoms with E-state index < -0.39 is 0 Å². The van der Waals surface area contributed by atoms with Crippen LogP contribution in [0.25, 0.3) is 0 Å². The zero-order valence-electron chi connectivity index (χ0n) is 8.44. The summed E-state index contributed by atoms with van der Waals surface area (Å²) >= 11 is 0. The number of aromatic nitrogens is 1. The summed E-state index contributed by atoms with van der Waals surface area (Å²) in [4.78, 5) is 13.7. The van der Waals surface area contributed by atoms with Gasteiger partial charge in [-0.2, -0.15) is 0 Å². The number of halogens is 1. The first-order valence-electron chi connectivity index (χ1n) is 4.80. The third-order valence-electron chi connectivity index (χ3n) is 2.07. The fraction of sp³-hybridized carbons (Fsp3) is 0.0833. The number of rotatable bonds is 3. The Kier molecular flexibility index (Phi) is 3.00. The predicted molar refractivity (Wildman–Crippen MR) is 57.8 cm³/mol. The monoisotopic (exact) mass is 219 g/mol. The van der Waals surface area contributed by atoms with Gasteiger partial charge in [-0.1, -0.05) is 12.1 Å². The van der Waals surface area contributed by atoms with Crippen molar-refractivity contribution in [1.82, 2.24) is 4.98 Å². The van der Waals surface area contributed by atoms with Crippen molar-refractivity contribution in [3.8, 4) is 5.75 Å². The van der Waals surface area contributed by atoms with E-state index in [0.29, 0.717) is 5.56 Å². The predicted octanol–water partition coefficient (Wildman–Crippen LogP) is 2.09. The molecule has 2 aromatic rings. The second-order valence-corrected chi connectivity index (χ2v) is 3.28. The molecular weight excluding hydrogens is 209 g/mol. The maximum atomic E-state index is 12.8. The van der Waals surface area contributed by atoms with Gasteiger partial charge in [0.2, 0.25) is 0 Å². The molecule has 0 unspecified atom stereocenters. The molecule has 3 nitrogen and oxygen atoms in total. The van der Waals surface area contributed by atoms with Gasteiger partial charge in [0.25, 0.3) is 5.56 Å². The standard InChI is InChI=1S/C12H10FNO2/c13-10-4-1-3-9(7-10)8-16-11-5-2-6-14-12(11)15/h1-7H,8H2,(H,14,15). The minimum Gasteiger partial charge on any atom is -0.483 e. The van der Waals surface area contributed by atoms with Crippen LogP contribution in [-0.4, -0.2) is 4.98 Å². The maximum Gasteiger partial charge on any atom is 0.290 e. The Bertz CT molecular complexity index is 536. The van der Waals surface area contributed by atoms with Gasteiger partial charge in [-0.25, -0.2) is 4.39 Å². The van der Waals surface area contributed by atoms with Crippen LogP contribution in [0, 0.1) is 5.82 Å². The van der Waals surface area contributed by atoms with E-state index in [1.165, 1.54) is 18.3 Å². The molecule has 0 spiro atoms. The van der Waals surface area contributed by atoms with Crippen molar-refractivity contribution in [1.29, 1.82) is 0 Å². The molecule has 2 rings (SSSR count). The highest BCUT2D eigenvalue weighted by Gasteiger charge is 2.00. The van der Waals surface area contributed by atoms with Crippen molar-refractivity contribution in [2.45, 2.75) is 6.61 Å². The van der Waals surface area contributed by atoms with E-state index >= 15 is 0 Å². The smallest absolute Gasteiger partial charge is 0.290 e. The lowest BCUT2D eigenvalue weighted by Crippen LogP contribution is -2.09. The fourth-order valence-corrected chi connectivity index (χ4v) is 1.31. The van der Waals surface area contributed by atoms with Gasteiger partial charge in [-0.15, -0.1) is 0 Å². The average molecular weight is 219 g/mol. The lowest BCUT2D eigenvalue weighted by Gasteiger charge is -2.04. The summed E-state index contributed by atoms with van der Waals surface area (Å²) in [5, 5.41) is 0. The van der Waals surface area contributed by atoms with E-state index in [2.05, 4.69) is 4.98 Å². The highest BCUT2D eigenvalue weighted by Crippen LogP contribution is 2.07. The molecule has 1 heterocycles. The normalized spacial score (nSPS) is 10.1. The topological polar surface area (TPSA) is 42.1 Å². The largest absolute Gasteiger partial charge is 0.483 e. The minimum atomic E-state index is -0.317. The quantitative estimate of drug-likeness (QED) is 0.858. The van der Waals surface area contributed by atoms with Crippen LogP contribution >= 0.6 is 0 Å². The average Bonchev–Trinajstić information content (AvgIpc) is 2.28. The second kappa shape index (κ2) is 4.61. The minimum absolute atomic E-state index is 0.171. The lowest BCUT2D eigenvalue weighted by atomic mass is 10.2. The zero-order valence-corrected chi connectivity index (χ0v) is 8.44. The molecule has 0 aliphatic carbocycles. The fourth-order valence-electron chi connectivity index (χ4n) is 1.31. The van der Waals surface area contributed by atoms with E-state index in [1.54, 1.807) is 24.3 Å². The van der Waals surface area contributed by atoms with Crippen LogP contribution in [0.4, 0.5) is 4.39 Å². The van der Waals surface area contributed by atoms with E-state index in [9.17, 15) is 9.18 Å². The molecule has 0 aliphatic rings. The molecule has 0 saturated carbocycles. The highest BCUT2D eigenvalue weighted by molar-refractivity contribution is 5.19. The molecule has 82 valence electrons. The Morgan fingerprint density at radius 1 is 1.25 bits per heavy atom. The van der Waals surface area contributed by atoms with Gasteiger partial charge >= 0.3 is 0 Å². The molecule has 1 aromatic carbocycles. The van der Waals surface area contributed by atoms with Gasteiger partial charge in [0, 0.05) is 6.20 Å². The van der Waals surface area contributed by atoms with Crippen molar-refractivity contribution in [3.05, 3.63) is 64.3 Å². The molecule has 4 heteroatoms. The number of benzene rings is 1. The number of hydrogen-bond acceptors (Lipinski definition) is 2. The van der Waals surface area contributed by atoms with Crippen LogP contribution in [-0.2, 0) is 6.61 Å². The zero-order chi connectivity index (χ0) is 11.4. The summed E-state index contributed by atoms with van der Waals surface area (Å²) in [5.74, 6) is -0.0881. The Hall–Kier alpha value is -2.10. The van der Waals surface area contributed by atoms with Crippen molar-refractivity contribution in [3.63, 3.8) is 0 Å². The van der Waals surface area contributed by atoms with Crippen LogP contribution in [0.2, 0.25) is 0 Å². The Morgan fingerprint density at radius 3 is 2.88 bits per heavy atom. The van der Waals surface area contributed by atoms with Gasteiger partial charge in [-0.05, 0) is 29.8 Å². The van der Waals surface area contributed by atoms with E-state index in [-0.39, 0.29) is 23.7 Å². The number of ether oxygens (including phenoxy) is 1. The highest BCUT2D eigenvalue weighted by atomic mass is 19.1. The Morgan fingerprint density at radius 2 is 2.12 bits per heavy atom. The van der Waals surface area contributed by atoms with Gasteiger partial charge < -0.3 is 9.72 Å². The molecule has 0 aliphatic heterocycles. The van der Waals surface area contributed by atoms with E-state index in [4.69, 9.17) is 4.74 Å². The molecule has 1 N–H and O–H groups in total. The molecule has 0 saturated heterocycles. The lowest BCUT2D eigenvalue weighted by molar-refractivity contribution is 0.301. The Balaban J connectivity index is 2.08. The molecule has 0 bridgehead atoms. The van der Waals surface area contributed by atoms with Crippen LogP contribution in [0.1, 0.15) is 5.56 Å². The summed E-state index contributed by atoms with van der Waals surface area (Å²) in [6.07, 6.45) is 1.53. The van der Waals surface area contributed by atoms with E-state index in [0.717, 1.165) is 0 Å². The second-order valence-electron chi connectivity index (χ2n) is 3.28. The summed E-state index contributed by atoms with van der Waals surface area (Å²) in [7, 11) is 0. The van der Waals surface area contributed by atoms with Crippen molar-refractivity contribution >= 4 is 0 Å². The molecule has 1 aromatic heterocycles. The van der Waals surface area contributed by atoms with Crippen LogP contribution in [0.5, 0.6) is 5.75 Å². The number of aromatic amines is 1. The van der Waals surface area contributed by atoms with E-state index in [1.807, 2.05) is 0 Å². The third kappa shape index (κ3) is 2.48. The van der Waals surface area contributed by atoms with Gasteiger partial charge in [0.05, 0.1) is 0 Å². The molecule has 16 heavy (non-hydrogen) atoms. The summed E-state index contributed by atoms with van der Waals surface area (Å²) < 4.78 is 18.1. The third-order valence-corrected chi connectivity index (χ3v) is 2.07. The number of nitrogens with one attached hydrogen (secondary N) is 1. The van der Waals surface area contributed by atoms with Crippen LogP contribution in [0.15, 0.2) is 47.4 Å². The molecule has 0 radical (unpaired) electrons. The molecule has 0 atom stereocenters. The molecule has 0 amide bonds. The number of hydrogen-bond donors (Lipinski definition) is 1. The van der Waals surface area contributed by atoms with Crippen LogP contribution < -0.4 is 10.3 Å². The maximum absolute atomic E-state index is 12.8. The summed E-state index contributed by atoms with van der Waals surface area (Å²) in [6.45, 7) is 0.171. The number of pyridine rings is 1. The Labute approximate surface area is 91.5 Å². The SMILES string of the molecule is O=c1[nH]cccc1OCc1cccc(F)c1. The summed E-state index contributed by atoms with van der Waals surface area (Å²) in [5.41, 5.74) is 0.391. The van der Waals surface area contributed by atoms with Gasteiger partial charge in [0.15, 0.2) is 5.75 Å². The number of H-pyrrole nitrogens is 1. The van der Waals surface area contributed by atoms with Crippen LogP contribution in [0.3, 0.4) is 0 Å². The first kappa shape index (κ1) is 10.4. The van der Waals surface area contributed by atoms with Crippen molar-refractivity contribution in [2.24, 2.45) is 0 Å². The molecular formula is C12H10FNO2.